The van der Waals surface area contributed by atoms with Gasteiger partial charge in [0.1, 0.15) is 5.75 Å². The Labute approximate surface area is 134 Å². The summed E-state index contributed by atoms with van der Waals surface area (Å²) in [4.78, 5) is 0. The van der Waals surface area contributed by atoms with Gasteiger partial charge < -0.3 is 4.74 Å². The first kappa shape index (κ1) is 16.0. The molecule has 3 N–H and O–H groups in total. The van der Waals surface area contributed by atoms with E-state index in [-0.39, 0.29) is 6.04 Å². The molecule has 2 aromatic carbocycles. The van der Waals surface area contributed by atoms with E-state index < -0.39 is 0 Å². The van der Waals surface area contributed by atoms with E-state index in [4.69, 9.17) is 10.6 Å². The molecule has 112 valence electrons. The molecular weight excluding hydrogens is 328 g/mol. The third kappa shape index (κ3) is 3.84. The first-order valence-corrected chi connectivity index (χ1v) is 7.70. The van der Waals surface area contributed by atoms with Crippen LogP contribution in [0.5, 0.6) is 5.75 Å². The summed E-state index contributed by atoms with van der Waals surface area (Å²) in [6.45, 7) is 4.15. The molecule has 0 radical (unpaired) electrons. The maximum Gasteiger partial charge on any atom is 0.122 e. The van der Waals surface area contributed by atoms with E-state index in [1.165, 1.54) is 11.1 Å². The summed E-state index contributed by atoms with van der Waals surface area (Å²) in [5.41, 5.74) is 7.63. The number of methoxy groups -OCH3 is 1. The number of halogens is 1. The highest BCUT2D eigenvalue weighted by molar-refractivity contribution is 9.10. The van der Waals surface area contributed by atoms with Crippen molar-refractivity contribution in [3.8, 4) is 5.75 Å². The van der Waals surface area contributed by atoms with Crippen molar-refractivity contribution in [1.82, 2.24) is 5.43 Å². The molecule has 0 fully saturated rings. The molecule has 0 aliphatic carbocycles. The van der Waals surface area contributed by atoms with E-state index in [0.717, 1.165) is 27.8 Å². The molecule has 0 bridgehead atoms. The number of nitrogens with two attached hydrogens (primary N) is 1. The van der Waals surface area contributed by atoms with Crippen LogP contribution in [0.1, 0.15) is 28.3 Å². The summed E-state index contributed by atoms with van der Waals surface area (Å²) in [6, 6.07) is 12.6. The second-order valence-corrected chi connectivity index (χ2v) is 6.10. The zero-order valence-corrected chi connectivity index (χ0v) is 14.2. The lowest BCUT2D eigenvalue weighted by Crippen LogP contribution is -2.29. The van der Waals surface area contributed by atoms with Crippen LogP contribution < -0.4 is 16.0 Å². The highest BCUT2D eigenvalue weighted by Gasteiger charge is 2.14. The molecule has 0 spiro atoms. The molecule has 1 unspecified atom stereocenters. The van der Waals surface area contributed by atoms with Crippen molar-refractivity contribution in [2.75, 3.05) is 7.11 Å². The van der Waals surface area contributed by atoms with E-state index in [1.807, 2.05) is 6.07 Å². The lowest BCUT2D eigenvalue weighted by Gasteiger charge is -2.19. The minimum absolute atomic E-state index is 0.0394. The van der Waals surface area contributed by atoms with Gasteiger partial charge in [-0.2, -0.15) is 0 Å². The van der Waals surface area contributed by atoms with Crippen LogP contribution in [-0.2, 0) is 6.42 Å². The lowest BCUT2D eigenvalue weighted by atomic mass is 9.97. The second kappa shape index (κ2) is 7.07. The fourth-order valence-electron chi connectivity index (χ4n) is 2.39. The van der Waals surface area contributed by atoms with Crippen LogP contribution in [0.25, 0.3) is 0 Å². The molecular formula is C17H21BrN2O. The van der Waals surface area contributed by atoms with E-state index in [0.29, 0.717) is 0 Å². The Hall–Kier alpha value is -1.36. The van der Waals surface area contributed by atoms with Crippen LogP contribution in [0, 0.1) is 13.8 Å². The average molecular weight is 349 g/mol. The van der Waals surface area contributed by atoms with E-state index in [2.05, 4.69) is 65.5 Å². The van der Waals surface area contributed by atoms with Crippen molar-refractivity contribution < 1.29 is 4.74 Å². The van der Waals surface area contributed by atoms with E-state index in [1.54, 1.807) is 7.11 Å². The number of aryl methyl sites for hydroxylation is 2. The Morgan fingerprint density at radius 1 is 1.19 bits per heavy atom. The summed E-state index contributed by atoms with van der Waals surface area (Å²) in [6.07, 6.45) is 0.775. The smallest absolute Gasteiger partial charge is 0.122 e. The van der Waals surface area contributed by atoms with Gasteiger partial charge in [0, 0.05) is 4.47 Å². The van der Waals surface area contributed by atoms with Gasteiger partial charge in [0.15, 0.2) is 0 Å². The number of nitrogens with one attached hydrogen (secondary N) is 1. The van der Waals surface area contributed by atoms with Gasteiger partial charge in [-0.05, 0) is 49.1 Å². The van der Waals surface area contributed by atoms with Gasteiger partial charge >= 0.3 is 0 Å². The van der Waals surface area contributed by atoms with Gasteiger partial charge in [-0.1, -0.05) is 45.8 Å². The molecule has 0 aliphatic rings. The minimum Gasteiger partial charge on any atom is -0.496 e. The van der Waals surface area contributed by atoms with Crippen molar-refractivity contribution in [3.05, 3.63) is 63.1 Å². The molecule has 21 heavy (non-hydrogen) atoms. The first-order chi connectivity index (χ1) is 10.0. The summed E-state index contributed by atoms with van der Waals surface area (Å²) in [5.74, 6) is 6.66. The highest BCUT2D eigenvalue weighted by Crippen LogP contribution is 2.28. The summed E-state index contributed by atoms with van der Waals surface area (Å²) < 4.78 is 6.54. The summed E-state index contributed by atoms with van der Waals surface area (Å²) >= 11 is 3.58. The topological polar surface area (TPSA) is 47.3 Å². The first-order valence-electron chi connectivity index (χ1n) is 6.91. The van der Waals surface area contributed by atoms with Gasteiger partial charge in [0.2, 0.25) is 0 Å². The second-order valence-electron chi connectivity index (χ2n) is 5.25. The van der Waals surface area contributed by atoms with Gasteiger partial charge in [-0.25, -0.2) is 0 Å². The largest absolute Gasteiger partial charge is 0.496 e. The number of ether oxygens (including phenoxy) is 1. The van der Waals surface area contributed by atoms with Crippen molar-refractivity contribution in [2.45, 2.75) is 26.3 Å². The van der Waals surface area contributed by atoms with Gasteiger partial charge in [-0.3, -0.25) is 11.3 Å². The third-order valence-electron chi connectivity index (χ3n) is 3.66. The Bertz CT molecular complexity index is 628. The Morgan fingerprint density at radius 3 is 2.57 bits per heavy atom. The van der Waals surface area contributed by atoms with Crippen LogP contribution in [0.3, 0.4) is 0 Å². The zero-order valence-electron chi connectivity index (χ0n) is 12.6. The molecule has 0 heterocycles. The molecule has 1 atom stereocenters. The minimum atomic E-state index is 0.0394. The van der Waals surface area contributed by atoms with E-state index >= 15 is 0 Å². The van der Waals surface area contributed by atoms with Crippen molar-refractivity contribution in [1.29, 1.82) is 0 Å². The van der Waals surface area contributed by atoms with Crippen molar-refractivity contribution in [3.63, 3.8) is 0 Å². The fourth-order valence-corrected chi connectivity index (χ4v) is 2.78. The molecule has 4 heteroatoms. The Balaban J connectivity index is 2.30. The maximum atomic E-state index is 5.76. The molecule has 3 nitrogen and oxygen atoms in total. The normalized spacial score (nSPS) is 12.2. The molecule has 0 aliphatic heterocycles. The monoisotopic (exact) mass is 348 g/mol. The van der Waals surface area contributed by atoms with Gasteiger partial charge in [0.25, 0.3) is 0 Å². The molecule has 0 amide bonds. The lowest BCUT2D eigenvalue weighted by molar-refractivity contribution is 0.405. The molecule has 2 aromatic rings. The van der Waals surface area contributed by atoms with Crippen LogP contribution >= 0.6 is 15.9 Å². The number of hydrogen-bond donors (Lipinski definition) is 2. The maximum absolute atomic E-state index is 5.76. The van der Waals surface area contributed by atoms with Crippen molar-refractivity contribution >= 4 is 15.9 Å². The Kier molecular flexibility index (Phi) is 5.39. The predicted molar refractivity (Wildman–Crippen MR) is 90.4 cm³/mol. The van der Waals surface area contributed by atoms with Crippen LogP contribution in [-0.4, -0.2) is 7.11 Å². The summed E-state index contributed by atoms with van der Waals surface area (Å²) in [5, 5.41) is 0. The number of benzene rings is 2. The van der Waals surface area contributed by atoms with Gasteiger partial charge in [-0.15, -0.1) is 0 Å². The van der Waals surface area contributed by atoms with Gasteiger partial charge in [0.05, 0.1) is 13.2 Å². The molecule has 2 rings (SSSR count). The quantitative estimate of drug-likeness (QED) is 0.637. The molecule has 0 saturated heterocycles. The highest BCUT2D eigenvalue weighted by atomic mass is 79.9. The van der Waals surface area contributed by atoms with E-state index in [9.17, 15) is 0 Å². The zero-order chi connectivity index (χ0) is 15.4. The standard InChI is InChI=1S/C17H21BrN2O/c1-11-4-7-17(21-3)14(8-11)10-16(20-19)13-6-5-12(2)15(18)9-13/h4-9,16,20H,10,19H2,1-3H3. The summed E-state index contributed by atoms with van der Waals surface area (Å²) in [7, 11) is 1.70. The molecule has 0 aromatic heterocycles. The van der Waals surface area contributed by atoms with Crippen molar-refractivity contribution in [2.24, 2.45) is 5.84 Å². The predicted octanol–water partition coefficient (Wildman–Crippen LogP) is 3.82. The third-order valence-corrected chi connectivity index (χ3v) is 4.51. The average Bonchev–Trinajstić information content (AvgIpc) is 2.48. The van der Waals surface area contributed by atoms with Crippen LogP contribution in [0.4, 0.5) is 0 Å². The Morgan fingerprint density at radius 2 is 1.95 bits per heavy atom. The van der Waals surface area contributed by atoms with Crippen LogP contribution in [0.15, 0.2) is 40.9 Å². The molecule has 0 saturated carbocycles. The SMILES string of the molecule is COc1ccc(C)cc1CC(NN)c1ccc(C)c(Br)c1. The van der Waals surface area contributed by atoms with Crippen LogP contribution in [0.2, 0.25) is 0 Å². The fraction of sp³-hybridized carbons (Fsp3) is 0.294. The number of rotatable bonds is 5. The number of hydrazine groups is 1. The number of hydrogen-bond acceptors (Lipinski definition) is 3.